The first kappa shape index (κ1) is 10.7. The molecule has 6 nitrogen and oxygen atoms in total. The van der Waals surface area contributed by atoms with E-state index in [-0.39, 0.29) is 11.4 Å². The number of carboxylic acids is 1. The molecule has 1 fully saturated rings. The highest BCUT2D eigenvalue weighted by atomic mass is 16.4. The van der Waals surface area contributed by atoms with Crippen molar-refractivity contribution in [1.82, 2.24) is 10.2 Å². The van der Waals surface area contributed by atoms with Crippen molar-refractivity contribution in [1.29, 1.82) is 0 Å². The van der Waals surface area contributed by atoms with Crippen molar-refractivity contribution in [2.75, 3.05) is 11.9 Å². The Hall–Kier alpha value is -1.85. The molecule has 1 aromatic heterocycles. The normalized spacial score (nSPS) is 15.5. The highest BCUT2D eigenvalue weighted by Gasteiger charge is 2.19. The van der Waals surface area contributed by atoms with Crippen LogP contribution in [0, 0.1) is 5.92 Å². The lowest BCUT2D eigenvalue weighted by Gasteiger charge is -2.25. The number of carboxylic acid groups (broad SMARTS) is 1. The molecule has 3 N–H and O–H groups in total. The highest BCUT2D eigenvalue weighted by molar-refractivity contribution is 5.92. The van der Waals surface area contributed by atoms with Crippen LogP contribution in [-0.4, -0.2) is 27.8 Å². The van der Waals surface area contributed by atoms with Crippen molar-refractivity contribution in [3.8, 4) is 0 Å². The molecule has 86 valence electrons. The van der Waals surface area contributed by atoms with Gasteiger partial charge in [0.1, 0.15) is 5.56 Å². The van der Waals surface area contributed by atoms with E-state index in [1.807, 2.05) is 0 Å². The second-order valence-corrected chi connectivity index (χ2v) is 3.98. The summed E-state index contributed by atoms with van der Waals surface area (Å²) < 4.78 is 0. The third-order valence-corrected chi connectivity index (χ3v) is 2.82. The molecule has 6 heteroatoms. The minimum Gasteiger partial charge on any atom is -0.478 e. The van der Waals surface area contributed by atoms with Crippen LogP contribution < -0.4 is 10.9 Å². The second-order valence-electron chi connectivity index (χ2n) is 3.98. The maximum Gasteiger partial charge on any atom is 0.339 e. The molecule has 2 rings (SSSR count). The molecule has 0 saturated heterocycles. The zero-order chi connectivity index (χ0) is 11.5. The summed E-state index contributed by atoms with van der Waals surface area (Å²) in [5.41, 5.74) is -0.588. The van der Waals surface area contributed by atoms with Crippen LogP contribution in [0.3, 0.4) is 0 Å². The smallest absolute Gasteiger partial charge is 0.339 e. The van der Waals surface area contributed by atoms with Crippen molar-refractivity contribution in [2.24, 2.45) is 5.92 Å². The third-order valence-electron chi connectivity index (χ3n) is 2.82. The Morgan fingerprint density at radius 3 is 2.94 bits per heavy atom. The zero-order valence-electron chi connectivity index (χ0n) is 8.69. The second kappa shape index (κ2) is 4.34. The van der Waals surface area contributed by atoms with Crippen LogP contribution in [0.5, 0.6) is 0 Å². The number of carbonyl (C=O) groups is 1. The zero-order valence-corrected chi connectivity index (χ0v) is 8.69. The van der Waals surface area contributed by atoms with Crippen molar-refractivity contribution in [3.63, 3.8) is 0 Å². The SMILES string of the molecule is O=C(O)c1cc(=O)[nH]nc1NCC1CCC1. The molecule has 1 aliphatic rings. The Labute approximate surface area is 91.7 Å². The van der Waals surface area contributed by atoms with E-state index < -0.39 is 11.5 Å². The average Bonchev–Trinajstić information content (AvgIpc) is 2.17. The van der Waals surface area contributed by atoms with Crippen molar-refractivity contribution >= 4 is 11.8 Å². The lowest BCUT2D eigenvalue weighted by atomic mass is 9.85. The number of anilines is 1. The summed E-state index contributed by atoms with van der Waals surface area (Å²) in [6, 6.07) is 1.04. The summed E-state index contributed by atoms with van der Waals surface area (Å²) in [6.45, 7) is 0.708. The summed E-state index contributed by atoms with van der Waals surface area (Å²) in [7, 11) is 0. The van der Waals surface area contributed by atoms with Crippen LogP contribution in [0.2, 0.25) is 0 Å². The van der Waals surface area contributed by atoms with E-state index in [9.17, 15) is 9.59 Å². The van der Waals surface area contributed by atoms with Gasteiger partial charge in [-0.05, 0) is 18.8 Å². The molecule has 16 heavy (non-hydrogen) atoms. The summed E-state index contributed by atoms with van der Waals surface area (Å²) in [5.74, 6) is -0.316. The molecule has 0 unspecified atom stereocenters. The first-order valence-electron chi connectivity index (χ1n) is 5.23. The standard InChI is InChI=1S/C10H13N3O3/c14-8-4-7(10(15)16)9(13-12-8)11-5-6-2-1-3-6/h4,6H,1-3,5H2,(H,11,13)(H,12,14)(H,15,16). The Balaban J connectivity index is 2.11. The molecular formula is C10H13N3O3. The van der Waals surface area contributed by atoms with E-state index in [2.05, 4.69) is 15.5 Å². The van der Waals surface area contributed by atoms with Crippen LogP contribution in [0.4, 0.5) is 5.82 Å². The number of hydrogen-bond donors (Lipinski definition) is 3. The number of H-pyrrole nitrogens is 1. The number of aromatic nitrogens is 2. The Bertz CT molecular complexity index is 451. The summed E-state index contributed by atoms with van der Waals surface area (Å²) in [6.07, 6.45) is 3.56. The maximum absolute atomic E-state index is 10.9. The quantitative estimate of drug-likeness (QED) is 0.697. The van der Waals surface area contributed by atoms with Gasteiger partial charge in [-0.1, -0.05) is 6.42 Å². The van der Waals surface area contributed by atoms with Crippen LogP contribution in [0.25, 0.3) is 0 Å². The third kappa shape index (κ3) is 2.21. The van der Waals surface area contributed by atoms with Gasteiger partial charge < -0.3 is 10.4 Å². The monoisotopic (exact) mass is 223 g/mol. The lowest BCUT2D eigenvalue weighted by Crippen LogP contribution is -2.24. The van der Waals surface area contributed by atoms with Crippen LogP contribution in [0.1, 0.15) is 29.6 Å². The van der Waals surface area contributed by atoms with Crippen molar-refractivity contribution < 1.29 is 9.90 Å². The lowest BCUT2D eigenvalue weighted by molar-refractivity contribution is 0.0697. The minimum atomic E-state index is -1.14. The molecule has 0 amide bonds. The molecular weight excluding hydrogens is 210 g/mol. The van der Waals surface area contributed by atoms with Gasteiger partial charge >= 0.3 is 5.97 Å². The Morgan fingerprint density at radius 2 is 2.38 bits per heavy atom. The number of nitrogens with one attached hydrogen (secondary N) is 2. The predicted molar refractivity (Wildman–Crippen MR) is 57.6 cm³/mol. The van der Waals surface area contributed by atoms with E-state index in [0.717, 1.165) is 6.07 Å². The molecule has 0 bridgehead atoms. The Kier molecular flexibility index (Phi) is 2.89. The van der Waals surface area contributed by atoms with Gasteiger partial charge in [0.15, 0.2) is 5.82 Å². The number of hydrogen-bond acceptors (Lipinski definition) is 4. The van der Waals surface area contributed by atoms with Crippen molar-refractivity contribution in [3.05, 3.63) is 22.0 Å². The minimum absolute atomic E-state index is 0.0805. The van der Waals surface area contributed by atoms with Gasteiger partial charge in [-0.2, -0.15) is 5.10 Å². The molecule has 0 radical (unpaired) electrons. The van der Waals surface area contributed by atoms with Crippen LogP contribution in [-0.2, 0) is 0 Å². The number of aromatic carboxylic acids is 1. The summed E-state index contributed by atoms with van der Waals surface area (Å²) >= 11 is 0. The average molecular weight is 223 g/mol. The number of nitrogens with zero attached hydrogens (tertiary/aromatic N) is 1. The predicted octanol–water partition coefficient (Wildman–Crippen LogP) is 0.680. The fourth-order valence-corrected chi connectivity index (χ4v) is 1.64. The maximum atomic E-state index is 10.9. The first-order valence-corrected chi connectivity index (χ1v) is 5.23. The molecule has 1 aromatic rings. The largest absolute Gasteiger partial charge is 0.478 e. The van der Waals surface area contributed by atoms with Gasteiger partial charge in [-0.3, -0.25) is 4.79 Å². The number of aromatic amines is 1. The molecule has 0 aromatic carbocycles. The van der Waals surface area contributed by atoms with Gasteiger partial charge in [0.25, 0.3) is 5.56 Å². The van der Waals surface area contributed by atoms with E-state index >= 15 is 0 Å². The van der Waals surface area contributed by atoms with Gasteiger partial charge in [0.05, 0.1) is 0 Å². The van der Waals surface area contributed by atoms with Crippen molar-refractivity contribution in [2.45, 2.75) is 19.3 Å². The van der Waals surface area contributed by atoms with Gasteiger partial charge in [-0.15, -0.1) is 0 Å². The van der Waals surface area contributed by atoms with E-state index in [1.165, 1.54) is 19.3 Å². The summed E-state index contributed by atoms with van der Waals surface area (Å²) in [5, 5.41) is 17.8. The highest BCUT2D eigenvalue weighted by Crippen LogP contribution is 2.26. The molecule has 1 aliphatic carbocycles. The van der Waals surface area contributed by atoms with Crippen LogP contribution in [0.15, 0.2) is 10.9 Å². The fourth-order valence-electron chi connectivity index (χ4n) is 1.64. The topological polar surface area (TPSA) is 95.1 Å². The van der Waals surface area contributed by atoms with E-state index in [1.54, 1.807) is 0 Å². The number of rotatable bonds is 4. The first-order chi connectivity index (χ1) is 7.66. The van der Waals surface area contributed by atoms with Gasteiger partial charge in [0, 0.05) is 12.6 Å². The fraction of sp³-hybridized carbons (Fsp3) is 0.500. The molecule has 0 aliphatic heterocycles. The van der Waals surface area contributed by atoms with E-state index in [0.29, 0.717) is 12.5 Å². The molecule has 1 saturated carbocycles. The molecule has 1 heterocycles. The van der Waals surface area contributed by atoms with Gasteiger partial charge in [0.2, 0.25) is 0 Å². The van der Waals surface area contributed by atoms with Gasteiger partial charge in [-0.25, -0.2) is 9.89 Å². The van der Waals surface area contributed by atoms with E-state index in [4.69, 9.17) is 5.11 Å². The molecule has 0 atom stereocenters. The van der Waals surface area contributed by atoms with Crippen LogP contribution >= 0.6 is 0 Å². The summed E-state index contributed by atoms with van der Waals surface area (Å²) in [4.78, 5) is 21.8. The Morgan fingerprint density at radius 1 is 1.62 bits per heavy atom. The molecule has 0 spiro atoms.